The first-order valence-electron chi connectivity index (χ1n) is 7.61. The summed E-state index contributed by atoms with van der Waals surface area (Å²) < 4.78 is 32.9. The highest BCUT2D eigenvalue weighted by Gasteiger charge is 2.21. The van der Waals surface area contributed by atoms with Crippen molar-refractivity contribution in [2.75, 3.05) is 18.4 Å². The molecule has 0 fully saturated rings. The number of ether oxygens (including phenoxy) is 1. The van der Waals surface area contributed by atoms with Crippen LogP contribution in [0.4, 0.5) is 5.69 Å². The summed E-state index contributed by atoms with van der Waals surface area (Å²) in [6.45, 7) is 5.34. The Balaban J connectivity index is 2.07. The van der Waals surface area contributed by atoms with Crippen LogP contribution in [0.15, 0.2) is 23.1 Å². The van der Waals surface area contributed by atoms with Gasteiger partial charge in [0.05, 0.1) is 17.1 Å². The summed E-state index contributed by atoms with van der Waals surface area (Å²) in [7, 11) is -3.44. The zero-order valence-corrected chi connectivity index (χ0v) is 13.5. The summed E-state index contributed by atoms with van der Waals surface area (Å²) in [5.74, 6) is 0.720. The average molecular weight is 312 g/mol. The van der Waals surface area contributed by atoms with Gasteiger partial charge in [-0.05, 0) is 31.0 Å². The summed E-state index contributed by atoms with van der Waals surface area (Å²) in [6.07, 6.45) is 4.03. The lowest BCUT2D eigenvalue weighted by atomic mass is 10.2. The van der Waals surface area contributed by atoms with Gasteiger partial charge in [0, 0.05) is 6.54 Å². The van der Waals surface area contributed by atoms with Crippen molar-refractivity contribution in [1.82, 2.24) is 4.72 Å². The van der Waals surface area contributed by atoms with Crippen LogP contribution >= 0.6 is 0 Å². The Morgan fingerprint density at radius 1 is 1.33 bits per heavy atom. The molecule has 1 unspecified atom stereocenters. The number of nitrogens with one attached hydrogen (secondary N) is 2. The van der Waals surface area contributed by atoms with Gasteiger partial charge in [0.1, 0.15) is 11.9 Å². The van der Waals surface area contributed by atoms with Crippen LogP contribution in [0.1, 0.15) is 39.5 Å². The van der Waals surface area contributed by atoms with Gasteiger partial charge in [-0.3, -0.25) is 0 Å². The Morgan fingerprint density at radius 2 is 2.14 bits per heavy atom. The van der Waals surface area contributed by atoms with Gasteiger partial charge in [0.15, 0.2) is 0 Å². The largest absolute Gasteiger partial charge is 0.486 e. The first-order valence-corrected chi connectivity index (χ1v) is 9.09. The molecule has 0 radical (unpaired) electrons. The number of hydrogen-bond donors (Lipinski definition) is 2. The Kier molecular flexibility index (Phi) is 5.47. The Hall–Kier alpha value is -1.27. The minimum atomic E-state index is -3.44. The maximum atomic E-state index is 12.2. The lowest BCUT2D eigenvalue weighted by Crippen LogP contribution is -2.30. The summed E-state index contributed by atoms with van der Waals surface area (Å²) in [4.78, 5) is 0.281. The van der Waals surface area contributed by atoms with Crippen LogP contribution in [0.3, 0.4) is 0 Å². The van der Waals surface area contributed by atoms with Crippen LogP contribution in [0.25, 0.3) is 0 Å². The minimum Gasteiger partial charge on any atom is -0.486 e. The van der Waals surface area contributed by atoms with Crippen molar-refractivity contribution in [2.24, 2.45) is 0 Å². The van der Waals surface area contributed by atoms with E-state index in [0.29, 0.717) is 13.1 Å². The Labute approximate surface area is 127 Å². The zero-order valence-electron chi connectivity index (χ0n) is 12.7. The van der Waals surface area contributed by atoms with Gasteiger partial charge < -0.3 is 10.1 Å². The molecule has 0 saturated carbocycles. The lowest BCUT2D eigenvalue weighted by Gasteiger charge is -2.26. The zero-order chi connectivity index (χ0) is 15.3. The molecule has 21 heavy (non-hydrogen) atoms. The quantitative estimate of drug-likeness (QED) is 0.760. The van der Waals surface area contributed by atoms with Crippen molar-refractivity contribution in [3.63, 3.8) is 0 Å². The predicted octanol–water partition coefficient (Wildman–Crippen LogP) is 2.74. The first-order chi connectivity index (χ1) is 10.1. The molecule has 1 aromatic rings. The van der Waals surface area contributed by atoms with Gasteiger partial charge in [0.2, 0.25) is 10.0 Å². The molecular weight excluding hydrogens is 288 g/mol. The third-order valence-corrected chi connectivity index (χ3v) is 5.06. The van der Waals surface area contributed by atoms with E-state index in [9.17, 15) is 8.42 Å². The van der Waals surface area contributed by atoms with Crippen LogP contribution in [0.2, 0.25) is 0 Å². The van der Waals surface area contributed by atoms with Crippen molar-refractivity contribution >= 4 is 15.7 Å². The van der Waals surface area contributed by atoms with Crippen molar-refractivity contribution in [3.8, 4) is 5.75 Å². The van der Waals surface area contributed by atoms with Crippen LogP contribution in [-0.2, 0) is 10.0 Å². The van der Waals surface area contributed by atoms with Gasteiger partial charge in [-0.15, -0.1) is 0 Å². The molecule has 0 aromatic heterocycles. The molecule has 0 bridgehead atoms. The van der Waals surface area contributed by atoms with Crippen LogP contribution in [0, 0.1) is 0 Å². The van der Waals surface area contributed by atoms with Crippen LogP contribution in [-0.4, -0.2) is 27.6 Å². The molecule has 1 aliphatic heterocycles. The molecule has 1 heterocycles. The fourth-order valence-electron chi connectivity index (χ4n) is 2.25. The molecule has 6 heteroatoms. The van der Waals surface area contributed by atoms with Crippen LogP contribution < -0.4 is 14.8 Å². The number of fused-ring (bicyclic) bond motifs is 1. The molecule has 5 nitrogen and oxygen atoms in total. The van der Waals surface area contributed by atoms with Gasteiger partial charge >= 0.3 is 0 Å². The molecule has 1 aromatic carbocycles. The topological polar surface area (TPSA) is 67.4 Å². The minimum absolute atomic E-state index is 0.145. The number of benzene rings is 1. The third-order valence-electron chi connectivity index (χ3n) is 3.60. The number of anilines is 1. The van der Waals surface area contributed by atoms with Crippen LogP contribution in [0.5, 0.6) is 5.75 Å². The first kappa shape index (κ1) is 16.1. The molecule has 2 rings (SSSR count). The maximum Gasteiger partial charge on any atom is 0.240 e. The monoisotopic (exact) mass is 312 g/mol. The summed E-state index contributed by atoms with van der Waals surface area (Å²) in [5, 5.41) is 3.24. The highest BCUT2D eigenvalue weighted by molar-refractivity contribution is 7.89. The smallest absolute Gasteiger partial charge is 0.240 e. The normalized spacial score (nSPS) is 17.7. The second-order valence-corrected chi connectivity index (χ2v) is 7.06. The molecule has 0 aliphatic carbocycles. The van der Waals surface area contributed by atoms with Crippen molar-refractivity contribution < 1.29 is 13.2 Å². The second-order valence-electron chi connectivity index (χ2n) is 5.29. The molecule has 1 aliphatic rings. The SMILES string of the molecule is CCCCCNS(=O)(=O)c1ccc2c(c1)NCC(CC)O2. The summed E-state index contributed by atoms with van der Waals surface area (Å²) in [6, 6.07) is 4.97. The van der Waals surface area contributed by atoms with E-state index >= 15 is 0 Å². The van der Waals surface area contributed by atoms with E-state index in [1.165, 1.54) is 0 Å². The Bertz CT molecular complexity index is 572. The fraction of sp³-hybridized carbons (Fsp3) is 0.600. The van der Waals surface area contributed by atoms with E-state index in [2.05, 4.69) is 23.9 Å². The Morgan fingerprint density at radius 3 is 2.86 bits per heavy atom. The maximum absolute atomic E-state index is 12.2. The van der Waals surface area contributed by atoms with E-state index in [1.54, 1.807) is 18.2 Å². The highest BCUT2D eigenvalue weighted by Crippen LogP contribution is 2.31. The number of rotatable bonds is 7. The van der Waals surface area contributed by atoms with Gasteiger partial charge in [-0.1, -0.05) is 26.7 Å². The predicted molar refractivity (Wildman–Crippen MR) is 84.4 cm³/mol. The van der Waals surface area contributed by atoms with E-state index < -0.39 is 10.0 Å². The van der Waals surface area contributed by atoms with Gasteiger partial charge in [-0.25, -0.2) is 13.1 Å². The van der Waals surface area contributed by atoms with E-state index in [4.69, 9.17) is 4.74 Å². The molecular formula is C15H24N2O3S. The van der Waals surface area contributed by atoms with Crippen molar-refractivity contribution in [2.45, 2.75) is 50.5 Å². The number of unbranched alkanes of at least 4 members (excludes halogenated alkanes) is 2. The molecule has 2 N–H and O–H groups in total. The molecule has 0 amide bonds. The van der Waals surface area contributed by atoms with Gasteiger partial charge in [0.25, 0.3) is 0 Å². The van der Waals surface area contributed by atoms with Crippen molar-refractivity contribution in [3.05, 3.63) is 18.2 Å². The summed E-state index contributed by atoms with van der Waals surface area (Å²) in [5.41, 5.74) is 0.746. The molecule has 0 spiro atoms. The molecule has 118 valence electrons. The molecule has 1 atom stereocenters. The average Bonchev–Trinajstić information content (AvgIpc) is 2.50. The second kappa shape index (κ2) is 7.13. The highest BCUT2D eigenvalue weighted by atomic mass is 32.2. The van der Waals surface area contributed by atoms with E-state index in [0.717, 1.165) is 37.1 Å². The summed E-state index contributed by atoms with van der Waals surface area (Å²) >= 11 is 0. The number of sulfonamides is 1. The van der Waals surface area contributed by atoms with E-state index in [1.807, 2.05) is 0 Å². The molecule has 0 saturated heterocycles. The lowest BCUT2D eigenvalue weighted by molar-refractivity contribution is 0.201. The fourth-order valence-corrected chi connectivity index (χ4v) is 3.35. The van der Waals surface area contributed by atoms with E-state index in [-0.39, 0.29) is 11.0 Å². The third kappa shape index (κ3) is 4.11. The van der Waals surface area contributed by atoms with Crippen molar-refractivity contribution in [1.29, 1.82) is 0 Å². The standard InChI is InChI=1S/C15H24N2O3S/c1-3-5-6-9-17-21(18,19)13-7-8-15-14(10-13)16-11-12(4-2)20-15/h7-8,10,12,16-17H,3-6,9,11H2,1-2H3. The number of hydrogen-bond acceptors (Lipinski definition) is 4. The van der Waals surface area contributed by atoms with Gasteiger partial charge in [-0.2, -0.15) is 0 Å².